The summed E-state index contributed by atoms with van der Waals surface area (Å²) in [6, 6.07) is 11.0. The van der Waals surface area contributed by atoms with Crippen molar-refractivity contribution < 1.29 is 14.3 Å². The van der Waals surface area contributed by atoms with Crippen LogP contribution in [0.15, 0.2) is 36.4 Å². The molecule has 0 spiro atoms. The van der Waals surface area contributed by atoms with Crippen molar-refractivity contribution in [2.45, 2.75) is 66.6 Å². The average molecular weight is 445 g/mol. The van der Waals surface area contributed by atoms with Crippen molar-refractivity contribution in [3.63, 3.8) is 0 Å². The second-order valence-corrected chi connectivity index (χ2v) is 8.54. The molecule has 2 rings (SSSR count). The van der Waals surface area contributed by atoms with Crippen LogP contribution in [0.25, 0.3) is 0 Å². The number of carbonyl (C=O) groups excluding carboxylic acids is 2. The van der Waals surface area contributed by atoms with E-state index in [1.165, 1.54) is 0 Å². The maximum Gasteiger partial charge on any atom is 0.261 e. The quantitative estimate of drug-likeness (QED) is 0.593. The van der Waals surface area contributed by atoms with Gasteiger partial charge in [-0.3, -0.25) is 9.59 Å². The van der Waals surface area contributed by atoms with E-state index in [1.807, 2.05) is 71.0 Å². The lowest BCUT2D eigenvalue weighted by Gasteiger charge is -2.29. The smallest absolute Gasteiger partial charge is 0.261 e. The van der Waals surface area contributed by atoms with Crippen LogP contribution in [0.3, 0.4) is 0 Å². The third-order valence-corrected chi connectivity index (χ3v) is 5.97. The predicted octanol–water partition coefficient (Wildman–Crippen LogP) is 4.98. The molecule has 0 heterocycles. The summed E-state index contributed by atoms with van der Waals surface area (Å²) in [4.78, 5) is 27.5. The average Bonchev–Trinajstić information content (AvgIpc) is 2.73. The van der Waals surface area contributed by atoms with Crippen molar-refractivity contribution in [1.29, 1.82) is 0 Å². The summed E-state index contributed by atoms with van der Waals surface area (Å²) in [5.74, 6) is 0.159. The first kappa shape index (κ1) is 24.7. The largest absolute Gasteiger partial charge is 0.484 e. The van der Waals surface area contributed by atoms with Gasteiger partial charge in [-0.05, 0) is 69.9 Å². The van der Waals surface area contributed by atoms with Crippen LogP contribution < -0.4 is 10.1 Å². The second-order valence-electron chi connectivity index (χ2n) is 8.16. The number of hydrogen-bond acceptors (Lipinski definition) is 3. The fourth-order valence-corrected chi connectivity index (χ4v) is 3.38. The molecule has 2 aromatic carbocycles. The molecule has 168 valence electrons. The van der Waals surface area contributed by atoms with E-state index in [9.17, 15) is 9.59 Å². The Kier molecular flexibility index (Phi) is 8.93. The minimum absolute atomic E-state index is 0.0436. The van der Waals surface area contributed by atoms with Gasteiger partial charge in [0, 0.05) is 17.6 Å². The molecule has 0 aliphatic carbocycles. The molecule has 0 bridgehead atoms. The SMILES string of the molecule is CC[C@@H](C)NC(=O)[C@H](C)N(Cc1cccc(C)c1)C(=O)COc1cc(C)c(Cl)c(C)c1. The zero-order valence-electron chi connectivity index (χ0n) is 19.3. The highest BCUT2D eigenvalue weighted by molar-refractivity contribution is 6.32. The van der Waals surface area contributed by atoms with Gasteiger partial charge < -0.3 is 15.0 Å². The van der Waals surface area contributed by atoms with Crippen molar-refractivity contribution >= 4 is 23.4 Å². The van der Waals surface area contributed by atoms with Crippen LogP contribution in [-0.4, -0.2) is 35.4 Å². The first-order chi connectivity index (χ1) is 14.6. The standard InChI is InChI=1S/C25H33ClN2O3/c1-7-19(5)27-25(30)20(6)28(14-21-10-8-9-16(2)11-21)23(29)15-31-22-12-17(3)24(26)18(4)13-22/h8-13,19-20H,7,14-15H2,1-6H3,(H,27,30)/t19-,20+/m1/s1. The summed E-state index contributed by atoms with van der Waals surface area (Å²) >= 11 is 6.22. The molecule has 2 amide bonds. The highest BCUT2D eigenvalue weighted by Crippen LogP contribution is 2.26. The van der Waals surface area contributed by atoms with Gasteiger partial charge in [0.1, 0.15) is 11.8 Å². The Morgan fingerprint density at radius 2 is 1.74 bits per heavy atom. The Morgan fingerprint density at radius 1 is 1.10 bits per heavy atom. The van der Waals surface area contributed by atoms with Crippen molar-refractivity contribution in [2.75, 3.05) is 6.61 Å². The van der Waals surface area contributed by atoms with Gasteiger partial charge in [-0.25, -0.2) is 0 Å². The Balaban J connectivity index is 2.19. The number of nitrogens with one attached hydrogen (secondary N) is 1. The number of aryl methyl sites for hydroxylation is 3. The molecule has 6 heteroatoms. The number of hydrogen-bond donors (Lipinski definition) is 1. The van der Waals surface area contributed by atoms with Crippen molar-refractivity contribution in [1.82, 2.24) is 10.2 Å². The normalized spacial score (nSPS) is 12.7. The van der Waals surface area contributed by atoms with E-state index in [0.717, 1.165) is 28.7 Å². The van der Waals surface area contributed by atoms with E-state index in [0.29, 0.717) is 17.3 Å². The minimum atomic E-state index is -0.626. The number of ether oxygens (including phenoxy) is 1. The van der Waals surface area contributed by atoms with Gasteiger partial charge >= 0.3 is 0 Å². The van der Waals surface area contributed by atoms with Gasteiger partial charge in [0.2, 0.25) is 5.91 Å². The zero-order chi connectivity index (χ0) is 23.1. The maximum absolute atomic E-state index is 13.1. The van der Waals surface area contributed by atoms with Crippen LogP contribution in [0.1, 0.15) is 49.4 Å². The number of amides is 2. The highest BCUT2D eigenvalue weighted by Gasteiger charge is 2.27. The first-order valence-corrected chi connectivity index (χ1v) is 11.0. The summed E-state index contributed by atoms with van der Waals surface area (Å²) in [5.41, 5.74) is 3.85. The molecule has 0 aromatic heterocycles. The topological polar surface area (TPSA) is 58.6 Å². The molecule has 5 nitrogen and oxygen atoms in total. The van der Waals surface area contributed by atoms with E-state index in [2.05, 4.69) is 5.32 Å². The van der Waals surface area contributed by atoms with E-state index in [4.69, 9.17) is 16.3 Å². The third kappa shape index (κ3) is 7.00. The summed E-state index contributed by atoms with van der Waals surface area (Å²) in [5, 5.41) is 3.66. The summed E-state index contributed by atoms with van der Waals surface area (Å²) in [7, 11) is 0. The summed E-state index contributed by atoms with van der Waals surface area (Å²) < 4.78 is 5.78. The van der Waals surface area contributed by atoms with Gasteiger partial charge in [-0.1, -0.05) is 48.4 Å². The third-order valence-electron chi connectivity index (χ3n) is 5.38. The van der Waals surface area contributed by atoms with Gasteiger partial charge in [0.25, 0.3) is 5.91 Å². The highest BCUT2D eigenvalue weighted by atomic mass is 35.5. The molecular formula is C25H33ClN2O3. The molecule has 0 radical (unpaired) electrons. The molecule has 0 fully saturated rings. The van der Waals surface area contributed by atoms with Crippen molar-refractivity contribution in [3.05, 3.63) is 63.7 Å². The summed E-state index contributed by atoms with van der Waals surface area (Å²) in [6.07, 6.45) is 0.822. The Hall–Kier alpha value is -2.53. The van der Waals surface area contributed by atoms with Crippen molar-refractivity contribution in [3.8, 4) is 5.75 Å². The number of nitrogens with zero attached hydrogens (tertiary/aromatic N) is 1. The van der Waals surface area contributed by atoms with Gasteiger partial charge in [0.15, 0.2) is 6.61 Å². The number of benzene rings is 2. The van der Waals surface area contributed by atoms with E-state index in [1.54, 1.807) is 11.8 Å². The van der Waals surface area contributed by atoms with E-state index in [-0.39, 0.29) is 24.5 Å². The lowest BCUT2D eigenvalue weighted by Crippen LogP contribution is -2.50. The minimum Gasteiger partial charge on any atom is -0.484 e. The molecule has 0 unspecified atom stereocenters. The van der Waals surface area contributed by atoms with E-state index < -0.39 is 6.04 Å². The fraction of sp³-hybridized carbons (Fsp3) is 0.440. The van der Waals surface area contributed by atoms with Crippen LogP contribution in [0, 0.1) is 20.8 Å². The maximum atomic E-state index is 13.1. The van der Waals surface area contributed by atoms with E-state index >= 15 is 0 Å². The first-order valence-electron chi connectivity index (χ1n) is 10.7. The molecule has 1 N–H and O–H groups in total. The monoisotopic (exact) mass is 444 g/mol. The molecule has 31 heavy (non-hydrogen) atoms. The van der Waals surface area contributed by atoms with Gasteiger partial charge in [-0.2, -0.15) is 0 Å². The molecule has 2 atom stereocenters. The number of halogens is 1. The molecule has 0 saturated heterocycles. The Labute approximate surface area is 190 Å². The van der Waals surface area contributed by atoms with Crippen LogP contribution >= 0.6 is 11.6 Å². The number of rotatable bonds is 9. The Bertz CT molecular complexity index is 906. The molecule has 0 saturated carbocycles. The number of carbonyl (C=O) groups is 2. The van der Waals surface area contributed by atoms with Gasteiger partial charge in [0.05, 0.1) is 0 Å². The van der Waals surface area contributed by atoms with Crippen LogP contribution in [0.2, 0.25) is 5.02 Å². The lowest BCUT2D eigenvalue weighted by molar-refractivity contribution is -0.142. The predicted molar refractivity (Wildman–Crippen MR) is 126 cm³/mol. The molecule has 0 aliphatic rings. The van der Waals surface area contributed by atoms with Crippen LogP contribution in [-0.2, 0) is 16.1 Å². The molecular weight excluding hydrogens is 412 g/mol. The second kappa shape index (κ2) is 11.2. The van der Waals surface area contributed by atoms with Crippen LogP contribution in [0.4, 0.5) is 0 Å². The Morgan fingerprint density at radius 3 is 2.32 bits per heavy atom. The summed E-state index contributed by atoms with van der Waals surface area (Å²) in [6.45, 7) is 11.7. The fourth-order valence-electron chi connectivity index (χ4n) is 3.27. The lowest BCUT2D eigenvalue weighted by atomic mass is 10.1. The zero-order valence-corrected chi connectivity index (χ0v) is 20.0. The van der Waals surface area contributed by atoms with Gasteiger partial charge in [-0.15, -0.1) is 0 Å². The molecule has 2 aromatic rings. The van der Waals surface area contributed by atoms with Crippen LogP contribution in [0.5, 0.6) is 5.75 Å². The molecule has 0 aliphatic heterocycles. The van der Waals surface area contributed by atoms with Crippen molar-refractivity contribution in [2.24, 2.45) is 0 Å².